The Morgan fingerprint density at radius 1 is 1.21 bits per heavy atom. The maximum absolute atomic E-state index is 4.89. The number of aromatic nitrogens is 3. The number of benzene rings is 1. The Bertz CT molecular complexity index is 1060. The van der Waals surface area contributed by atoms with Crippen molar-refractivity contribution in [2.75, 3.05) is 20.1 Å². The summed E-state index contributed by atoms with van der Waals surface area (Å²) in [6.07, 6.45) is 4.38. The fourth-order valence-electron chi connectivity index (χ4n) is 4.12. The first-order chi connectivity index (χ1) is 13.9. The fraction of sp³-hybridized carbons (Fsp3) is 0.435. The van der Waals surface area contributed by atoms with Crippen LogP contribution in [0.2, 0.25) is 0 Å². The largest absolute Gasteiger partial charge is 0.360 e. The van der Waals surface area contributed by atoms with Gasteiger partial charge in [0.25, 0.3) is 0 Å². The molecule has 1 aliphatic heterocycles. The van der Waals surface area contributed by atoms with Gasteiger partial charge in [0.1, 0.15) is 5.84 Å². The lowest BCUT2D eigenvalue weighted by atomic mass is 10.0. The first-order valence-electron chi connectivity index (χ1n) is 10.3. The van der Waals surface area contributed by atoms with Gasteiger partial charge in [-0.3, -0.25) is 9.67 Å². The minimum Gasteiger partial charge on any atom is -0.360 e. The standard InChI is InChI=1S/C23H30N6/c1-15-12-18(13-19-14-28(4)27-23(15)19)22-7-6-21(16(2)25-22)26-17(3)29(5)20-8-10-24-11-9-20/h6-7,12-14,20,24H,8-11H2,1-5H3. The van der Waals surface area contributed by atoms with Gasteiger partial charge in [-0.1, -0.05) is 0 Å². The minimum absolute atomic E-state index is 0.557. The van der Waals surface area contributed by atoms with Gasteiger partial charge < -0.3 is 10.2 Å². The summed E-state index contributed by atoms with van der Waals surface area (Å²) in [6.45, 7) is 8.39. The fourth-order valence-corrected chi connectivity index (χ4v) is 4.12. The Morgan fingerprint density at radius 2 is 1.97 bits per heavy atom. The zero-order chi connectivity index (χ0) is 20.5. The molecule has 152 valence electrons. The second kappa shape index (κ2) is 7.95. The third kappa shape index (κ3) is 4.03. The molecule has 1 saturated heterocycles. The van der Waals surface area contributed by atoms with E-state index in [0.717, 1.165) is 65.3 Å². The highest BCUT2D eigenvalue weighted by molar-refractivity contribution is 5.87. The molecule has 0 spiro atoms. The number of fused-ring (bicyclic) bond motifs is 1. The van der Waals surface area contributed by atoms with Crippen LogP contribution < -0.4 is 5.32 Å². The van der Waals surface area contributed by atoms with Crippen molar-refractivity contribution >= 4 is 22.4 Å². The van der Waals surface area contributed by atoms with Crippen LogP contribution in [0.15, 0.2) is 35.5 Å². The summed E-state index contributed by atoms with van der Waals surface area (Å²) in [5.74, 6) is 1.04. The number of piperidine rings is 1. The zero-order valence-corrected chi connectivity index (χ0v) is 18.0. The Morgan fingerprint density at radius 3 is 2.69 bits per heavy atom. The van der Waals surface area contributed by atoms with E-state index in [-0.39, 0.29) is 0 Å². The van der Waals surface area contributed by atoms with E-state index in [1.807, 2.05) is 18.7 Å². The van der Waals surface area contributed by atoms with Crippen LogP contribution in [0.25, 0.3) is 22.2 Å². The van der Waals surface area contributed by atoms with E-state index in [0.29, 0.717) is 6.04 Å². The third-order valence-corrected chi connectivity index (χ3v) is 5.92. The maximum atomic E-state index is 4.89. The van der Waals surface area contributed by atoms with Crippen LogP contribution in [-0.4, -0.2) is 51.7 Å². The molecule has 1 aliphatic rings. The molecule has 1 fully saturated rings. The lowest BCUT2D eigenvalue weighted by molar-refractivity contribution is 0.288. The Kier molecular flexibility index (Phi) is 5.37. The monoisotopic (exact) mass is 390 g/mol. The van der Waals surface area contributed by atoms with Crippen LogP contribution in [0.5, 0.6) is 0 Å². The van der Waals surface area contributed by atoms with Crippen LogP contribution in [0, 0.1) is 13.8 Å². The first-order valence-corrected chi connectivity index (χ1v) is 10.3. The second-order valence-corrected chi connectivity index (χ2v) is 8.09. The van der Waals surface area contributed by atoms with Crippen molar-refractivity contribution in [1.29, 1.82) is 0 Å². The SMILES string of the molecule is CC(=Nc1ccc(-c2cc(C)c3nn(C)cc3c2)nc1C)N(C)C1CCNCC1. The van der Waals surface area contributed by atoms with E-state index >= 15 is 0 Å². The molecule has 0 aliphatic carbocycles. The lowest BCUT2D eigenvalue weighted by Gasteiger charge is -2.33. The summed E-state index contributed by atoms with van der Waals surface area (Å²) in [5.41, 5.74) is 6.19. The highest BCUT2D eigenvalue weighted by Gasteiger charge is 2.18. The van der Waals surface area contributed by atoms with E-state index in [9.17, 15) is 0 Å². The number of hydrogen-bond donors (Lipinski definition) is 1. The predicted molar refractivity (Wildman–Crippen MR) is 120 cm³/mol. The number of rotatable bonds is 3. The van der Waals surface area contributed by atoms with Gasteiger partial charge in [-0.25, -0.2) is 4.99 Å². The highest BCUT2D eigenvalue weighted by Crippen LogP contribution is 2.28. The zero-order valence-electron chi connectivity index (χ0n) is 18.0. The summed E-state index contributed by atoms with van der Waals surface area (Å²) in [4.78, 5) is 12.1. The highest BCUT2D eigenvalue weighted by atomic mass is 15.2. The second-order valence-electron chi connectivity index (χ2n) is 8.09. The Hall–Kier alpha value is -2.73. The van der Waals surface area contributed by atoms with Crippen molar-refractivity contribution in [3.8, 4) is 11.3 Å². The summed E-state index contributed by atoms with van der Waals surface area (Å²) >= 11 is 0. The molecular formula is C23H30N6. The number of amidine groups is 1. The smallest absolute Gasteiger partial charge is 0.102 e. The van der Waals surface area contributed by atoms with E-state index in [2.05, 4.69) is 66.7 Å². The van der Waals surface area contributed by atoms with Crippen LogP contribution in [0.1, 0.15) is 31.0 Å². The number of aryl methyl sites for hydroxylation is 3. The molecule has 29 heavy (non-hydrogen) atoms. The van der Waals surface area contributed by atoms with Crippen molar-refractivity contribution in [3.05, 3.63) is 41.7 Å². The van der Waals surface area contributed by atoms with Crippen LogP contribution in [0.4, 0.5) is 5.69 Å². The molecular weight excluding hydrogens is 360 g/mol. The normalized spacial score (nSPS) is 15.8. The van der Waals surface area contributed by atoms with Crippen molar-refractivity contribution in [2.45, 2.75) is 39.7 Å². The Labute approximate surface area is 172 Å². The van der Waals surface area contributed by atoms with Gasteiger partial charge in [-0.2, -0.15) is 5.10 Å². The summed E-state index contributed by atoms with van der Waals surface area (Å²) in [5, 5.41) is 9.10. The molecule has 2 aromatic heterocycles. The van der Waals surface area contributed by atoms with E-state index < -0.39 is 0 Å². The third-order valence-electron chi connectivity index (χ3n) is 5.92. The number of nitrogens with one attached hydrogen (secondary N) is 1. The van der Waals surface area contributed by atoms with Crippen molar-refractivity contribution in [3.63, 3.8) is 0 Å². The quantitative estimate of drug-likeness (QED) is 0.543. The van der Waals surface area contributed by atoms with Gasteiger partial charge in [0.15, 0.2) is 0 Å². The molecule has 4 rings (SSSR count). The number of aliphatic imine (C=N–C) groups is 1. The molecule has 0 saturated carbocycles. The molecule has 0 bridgehead atoms. The molecule has 0 unspecified atom stereocenters. The molecule has 0 amide bonds. The average Bonchev–Trinajstić information content (AvgIpc) is 3.10. The van der Waals surface area contributed by atoms with Crippen molar-refractivity contribution in [2.24, 2.45) is 12.0 Å². The van der Waals surface area contributed by atoms with Crippen LogP contribution in [-0.2, 0) is 7.05 Å². The van der Waals surface area contributed by atoms with Gasteiger partial charge in [0, 0.05) is 37.3 Å². The minimum atomic E-state index is 0.557. The molecule has 1 aromatic carbocycles. The van der Waals surface area contributed by atoms with Crippen molar-refractivity contribution in [1.82, 2.24) is 25.0 Å². The topological polar surface area (TPSA) is 58.3 Å². The summed E-state index contributed by atoms with van der Waals surface area (Å²) < 4.78 is 1.86. The molecule has 0 atom stereocenters. The molecule has 6 heteroatoms. The maximum Gasteiger partial charge on any atom is 0.102 e. The van der Waals surface area contributed by atoms with Crippen LogP contribution in [0.3, 0.4) is 0 Å². The van der Waals surface area contributed by atoms with Gasteiger partial charge in [-0.05, 0) is 76.5 Å². The van der Waals surface area contributed by atoms with Crippen molar-refractivity contribution < 1.29 is 0 Å². The predicted octanol–water partition coefficient (Wildman–Crippen LogP) is 3.99. The molecule has 0 radical (unpaired) electrons. The van der Waals surface area contributed by atoms with E-state index in [1.54, 1.807) is 0 Å². The number of pyridine rings is 1. The summed E-state index contributed by atoms with van der Waals surface area (Å²) in [6, 6.07) is 9.04. The number of hydrogen-bond acceptors (Lipinski definition) is 4. The van der Waals surface area contributed by atoms with Gasteiger partial charge >= 0.3 is 0 Å². The van der Waals surface area contributed by atoms with E-state index in [1.165, 1.54) is 5.56 Å². The first kappa shape index (κ1) is 19.6. The molecule has 3 heterocycles. The number of nitrogens with zero attached hydrogens (tertiary/aromatic N) is 5. The average molecular weight is 391 g/mol. The lowest BCUT2D eigenvalue weighted by Crippen LogP contribution is -2.43. The Balaban J connectivity index is 1.61. The molecule has 1 N–H and O–H groups in total. The summed E-state index contributed by atoms with van der Waals surface area (Å²) in [7, 11) is 4.11. The van der Waals surface area contributed by atoms with Gasteiger partial charge in [-0.15, -0.1) is 0 Å². The van der Waals surface area contributed by atoms with Gasteiger partial charge in [0.05, 0.1) is 22.6 Å². The molecule has 3 aromatic rings. The molecule has 6 nitrogen and oxygen atoms in total. The van der Waals surface area contributed by atoms with E-state index in [4.69, 9.17) is 9.98 Å². The van der Waals surface area contributed by atoms with Crippen LogP contribution >= 0.6 is 0 Å². The van der Waals surface area contributed by atoms with Gasteiger partial charge in [0.2, 0.25) is 0 Å².